The Labute approximate surface area is 124 Å². The monoisotopic (exact) mass is 292 g/mol. The smallest absolute Gasteiger partial charge is 0.253 e. The van der Waals surface area contributed by atoms with Crippen molar-refractivity contribution in [3.63, 3.8) is 0 Å². The van der Waals surface area contributed by atoms with Crippen LogP contribution in [0.4, 0.5) is 4.39 Å². The molecule has 0 bridgehead atoms. The van der Waals surface area contributed by atoms with Gasteiger partial charge in [-0.2, -0.15) is 0 Å². The molecule has 1 aliphatic heterocycles. The maximum absolute atomic E-state index is 13.0. The maximum Gasteiger partial charge on any atom is 0.253 e. The Balaban J connectivity index is 1.67. The Morgan fingerprint density at radius 2 is 2.10 bits per heavy atom. The fourth-order valence-corrected chi connectivity index (χ4v) is 2.58. The van der Waals surface area contributed by atoms with E-state index in [1.165, 1.54) is 25.0 Å². The van der Waals surface area contributed by atoms with Gasteiger partial charge in [-0.3, -0.25) is 4.79 Å². The van der Waals surface area contributed by atoms with Crippen LogP contribution in [0.3, 0.4) is 0 Å². The third kappa shape index (κ3) is 4.02. The molecule has 1 saturated heterocycles. The standard InChI is InChI=1S/C16H21FN2O2/c17-14-5-3-13(4-6-14)11-19(10-12-1-2-12)16(20)15-9-18-7-8-21-15/h3-6,12,15,18H,1-2,7-11H2. The van der Waals surface area contributed by atoms with Gasteiger partial charge in [-0.05, 0) is 36.5 Å². The first-order chi connectivity index (χ1) is 10.2. The van der Waals surface area contributed by atoms with Crippen LogP contribution in [0, 0.1) is 11.7 Å². The Morgan fingerprint density at radius 1 is 1.33 bits per heavy atom. The molecule has 0 spiro atoms. The van der Waals surface area contributed by atoms with Gasteiger partial charge in [-0.1, -0.05) is 12.1 Å². The first-order valence-corrected chi connectivity index (χ1v) is 7.58. The summed E-state index contributed by atoms with van der Waals surface area (Å²) >= 11 is 0. The summed E-state index contributed by atoms with van der Waals surface area (Å²) in [6.07, 6.45) is 1.99. The summed E-state index contributed by atoms with van der Waals surface area (Å²) < 4.78 is 18.6. The maximum atomic E-state index is 13.0. The molecule has 0 radical (unpaired) electrons. The number of halogens is 1. The lowest BCUT2D eigenvalue weighted by Crippen LogP contribution is -2.49. The van der Waals surface area contributed by atoms with Crippen LogP contribution in [-0.4, -0.2) is 43.2 Å². The van der Waals surface area contributed by atoms with Crippen molar-refractivity contribution in [2.24, 2.45) is 5.92 Å². The first-order valence-electron chi connectivity index (χ1n) is 7.58. The zero-order chi connectivity index (χ0) is 14.7. The summed E-state index contributed by atoms with van der Waals surface area (Å²) in [6, 6.07) is 6.35. The van der Waals surface area contributed by atoms with Gasteiger partial charge in [-0.15, -0.1) is 0 Å². The van der Waals surface area contributed by atoms with Crippen molar-refractivity contribution >= 4 is 5.91 Å². The molecule has 2 aliphatic rings. The number of nitrogens with one attached hydrogen (secondary N) is 1. The zero-order valence-corrected chi connectivity index (χ0v) is 12.1. The minimum Gasteiger partial charge on any atom is -0.366 e. The molecule has 5 heteroatoms. The van der Waals surface area contributed by atoms with E-state index in [0.29, 0.717) is 25.6 Å². The molecule has 1 unspecified atom stereocenters. The second kappa shape index (κ2) is 6.54. The van der Waals surface area contributed by atoms with Crippen LogP contribution < -0.4 is 5.32 Å². The predicted octanol–water partition coefficient (Wildman–Crippen LogP) is 1.55. The lowest BCUT2D eigenvalue weighted by atomic mass is 10.1. The third-order valence-corrected chi connectivity index (χ3v) is 3.98. The molecule has 1 N–H and O–H groups in total. The van der Waals surface area contributed by atoms with Crippen molar-refractivity contribution in [3.8, 4) is 0 Å². The van der Waals surface area contributed by atoms with E-state index in [0.717, 1.165) is 18.7 Å². The largest absolute Gasteiger partial charge is 0.366 e. The third-order valence-electron chi connectivity index (χ3n) is 3.98. The number of carbonyl (C=O) groups is 1. The molecule has 3 rings (SSSR count). The van der Waals surface area contributed by atoms with Gasteiger partial charge in [0.15, 0.2) is 0 Å². The first kappa shape index (κ1) is 14.5. The van der Waals surface area contributed by atoms with Gasteiger partial charge in [0, 0.05) is 26.2 Å². The SMILES string of the molecule is O=C(C1CNCCO1)N(Cc1ccc(F)cc1)CC1CC1. The van der Waals surface area contributed by atoms with E-state index in [9.17, 15) is 9.18 Å². The normalized spacial score (nSPS) is 22.0. The predicted molar refractivity (Wildman–Crippen MR) is 77.2 cm³/mol. The average Bonchev–Trinajstić information content (AvgIpc) is 3.33. The second-order valence-corrected chi connectivity index (χ2v) is 5.85. The highest BCUT2D eigenvalue weighted by Crippen LogP contribution is 2.30. The second-order valence-electron chi connectivity index (χ2n) is 5.85. The molecule has 114 valence electrons. The minimum atomic E-state index is -0.391. The topological polar surface area (TPSA) is 41.6 Å². The quantitative estimate of drug-likeness (QED) is 0.895. The van der Waals surface area contributed by atoms with Crippen LogP contribution in [-0.2, 0) is 16.1 Å². The van der Waals surface area contributed by atoms with Gasteiger partial charge < -0.3 is 15.0 Å². The van der Waals surface area contributed by atoms with Gasteiger partial charge in [0.25, 0.3) is 5.91 Å². The number of rotatable bonds is 5. The summed E-state index contributed by atoms with van der Waals surface area (Å²) in [5, 5.41) is 3.19. The molecule has 21 heavy (non-hydrogen) atoms. The Bertz CT molecular complexity index is 482. The summed E-state index contributed by atoms with van der Waals surface area (Å²) in [6.45, 7) is 3.24. The van der Waals surface area contributed by atoms with Crippen molar-refractivity contribution in [1.29, 1.82) is 0 Å². The van der Waals surface area contributed by atoms with E-state index >= 15 is 0 Å². The summed E-state index contributed by atoms with van der Waals surface area (Å²) in [5.74, 6) is 0.406. The van der Waals surface area contributed by atoms with E-state index in [1.54, 1.807) is 12.1 Å². The summed E-state index contributed by atoms with van der Waals surface area (Å²) in [5.41, 5.74) is 0.953. The number of amides is 1. The van der Waals surface area contributed by atoms with Crippen LogP contribution in [0.25, 0.3) is 0 Å². The van der Waals surface area contributed by atoms with Gasteiger partial charge in [-0.25, -0.2) is 4.39 Å². The van der Waals surface area contributed by atoms with Crippen LogP contribution >= 0.6 is 0 Å². The number of hydrogen-bond acceptors (Lipinski definition) is 3. The highest BCUT2D eigenvalue weighted by Gasteiger charge is 2.31. The molecule has 1 saturated carbocycles. The van der Waals surface area contributed by atoms with Crippen molar-refractivity contribution in [2.45, 2.75) is 25.5 Å². The molecular formula is C16H21FN2O2. The lowest BCUT2D eigenvalue weighted by molar-refractivity contribution is -0.146. The van der Waals surface area contributed by atoms with Crippen LogP contribution in [0.1, 0.15) is 18.4 Å². The van der Waals surface area contributed by atoms with Crippen LogP contribution in [0.15, 0.2) is 24.3 Å². The molecule has 1 atom stereocenters. The fourth-order valence-electron chi connectivity index (χ4n) is 2.58. The van der Waals surface area contributed by atoms with Gasteiger partial charge in [0.1, 0.15) is 11.9 Å². The number of nitrogens with zero attached hydrogens (tertiary/aromatic N) is 1. The Kier molecular flexibility index (Phi) is 4.51. The molecule has 4 nitrogen and oxygen atoms in total. The van der Waals surface area contributed by atoms with Gasteiger partial charge >= 0.3 is 0 Å². The van der Waals surface area contributed by atoms with E-state index in [2.05, 4.69) is 5.32 Å². The van der Waals surface area contributed by atoms with Gasteiger partial charge in [0.2, 0.25) is 0 Å². The molecule has 1 aromatic carbocycles. The van der Waals surface area contributed by atoms with E-state index in [-0.39, 0.29) is 11.7 Å². The Hall–Kier alpha value is -1.46. The summed E-state index contributed by atoms with van der Waals surface area (Å²) in [7, 11) is 0. The number of morpholine rings is 1. The number of carbonyl (C=O) groups excluding carboxylic acids is 1. The number of benzene rings is 1. The van der Waals surface area contributed by atoms with Crippen molar-refractivity contribution in [1.82, 2.24) is 10.2 Å². The molecule has 1 amide bonds. The zero-order valence-electron chi connectivity index (χ0n) is 12.1. The molecule has 1 aliphatic carbocycles. The molecule has 1 aromatic rings. The molecular weight excluding hydrogens is 271 g/mol. The number of ether oxygens (including phenoxy) is 1. The highest BCUT2D eigenvalue weighted by molar-refractivity contribution is 5.81. The van der Waals surface area contributed by atoms with Gasteiger partial charge in [0.05, 0.1) is 6.61 Å². The fraction of sp³-hybridized carbons (Fsp3) is 0.562. The van der Waals surface area contributed by atoms with Crippen LogP contribution in [0.2, 0.25) is 0 Å². The number of hydrogen-bond donors (Lipinski definition) is 1. The molecule has 1 heterocycles. The minimum absolute atomic E-state index is 0.0402. The van der Waals surface area contributed by atoms with Crippen molar-refractivity contribution in [2.75, 3.05) is 26.2 Å². The average molecular weight is 292 g/mol. The molecule has 2 fully saturated rings. The van der Waals surface area contributed by atoms with E-state index < -0.39 is 6.10 Å². The van der Waals surface area contributed by atoms with E-state index in [1.807, 2.05) is 4.90 Å². The highest BCUT2D eigenvalue weighted by atomic mass is 19.1. The summed E-state index contributed by atoms with van der Waals surface area (Å²) in [4.78, 5) is 14.5. The van der Waals surface area contributed by atoms with Crippen molar-refractivity contribution < 1.29 is 13.9 Å². The Morgan fingerprint density at radius 3 is 2.71 bits per heavy atom. The van der Waals surface area contributed by atoms with Crippen LogP contribution in [0.5, 0.6) is 0 Å². The van der Waals surface area contributed by atoms with Crippen molar-refractivity contribution in [3.05, 3.63) is 35.6 Å². The molecule has 0 aromatic heterocycles. The lowest BCUT2D eigenvalue weighted by Gasteiger charge is -2.30. The van der Waals surface area contributed by atoms with E-state index in [4.69, 9.17) is 4.74 Å².